The van der Waals surface area contributed by atoms with E-state index in [-0.39, 0.29) is 5.78 Å². The van der Waals surface area contributed by atoms with E-state index in [4.69, 9.17) is 0 Å². The van der Waals surface area contributed by atoms with Crippen LogP contribution in [0.4, 0.5) is 0 Å². The molecular weight excluding hydrogens is 206 g/mol. The molecule has 0 radical (unpaired) electrons. The standard InChI is InChI=1S/C12H13NOS/c1-9(14)5-4-8-12-13-10-6-2-3-7-11(10)15-12/h2-3,6-7H,4-5,8H2,1H3. The highest BCUT2D eigenvalue weighted by atomic mass is 32.1. The summed E-state index contributed by atoms with van der Waals surface area (Å²) in [7, 11) is 0. The van der Waals surface area contributed by atoms with E-state index in [1.807, 2.05) is 18.2 Å². The molecule has 78 valence electrons. The Morgan fingerprint density at radius 1 is 1.40 bits per heavy atom. The molecule has 15 heavy (non-hydrogen) atoms. The lowest BCUT2D eigenvalue weighted by molar-refractivity contribution is -0.117. The van der Waals surface area contributed by atoms with Crippen LogP contribution in [0, 0.1) is 0 Å². The molecule has 0 saturated heterocycles. The number of ketones is 1. The van der Waals surface area contributed by atoms with E-state index in [0.717, 1.165) is 23.4 Å². The number of benzene rings is 1. The normalized spacial score (nSPS) is 10.7. The summed E-state index contributed by atoms with van der Waals surface area (Å²) in [4.78, 5) is 15.3. The van der Waals surface area contributed by atoms with Crippen LogP contribution >= 0.6 is 11.3 Å². The topological polar surface area (TPSA) is 30.0 Å². The number of para-hydroxylation sites is 1. The van der Waals surface area contributed by atoms with Gasteiger partial charge in [0.05, 0.1) is 15.2 Å². The van der Waals surface area contributed by atoms with Gasteiger partial charge in [-0.1, -0.05) is 12.1 Å². The molecule has 1 heterocycles. The van der Waals surface area contributed by atoms with Gasteiger partial charge in [0.15, 0.2) is 0 Å². The molecule has 0 N–H and O–H groups in total. The number of hydrogen-bond acceptors (Lipinski definition) is 3. The fourth-order valence-corrected chi connectivity index (χ4v) is 2.52. The van der Waals surface area contributed by atoms with Crippen LogP contribution in [0.25, 0.3) is 10.2 Å². The smallest absolute Gasteiger partial charge is 0.129 e. The summed E-state index contributed by atoms with van der Waals surface area (Å²) < 4.78 is 1.23. The zero-order chi connectivity index (χ0) is 10.7. The Morgan fingerprint density at radius 3 is 2.93 bits per heavy atom. The molecule has 2 nitrogen and oxygen atoms in total. The summed E-state index contributed by atoms with van der Waals surface area (Å²) in [6, 6.07) is 8.14. The van der Waals surface area contributed by atoms with Crippen LogP contribution in [0.1, 0.15) is 24.8 Å². The fraction of sp³-hybridized carbons (Fsp3) is 0.333. The minimum absolute atomic E-state index is 0.260. The van der Waals surface area contributed by atoms with E-state index in [9.17, 15) is 4.79 Å². The molecule has 0 aliphatic carbocycles. The number of carbonyl (C=O) groups excluding carboxylic acids is 1. The van der Waals surface area contributed by atoms with Crippen LogP contribution in [0.2, 0.25) is 0 Å². The maximum absolute atomic E-state index is 10.8. The summed E-state index contributed by atoms with van der Waals surface area (Å²) in [6.07, 6.45) is 2.49. The van der Waals surface area contributed by atoms with Crippen molar-refractivity contribution in [1.82, 2.24) is 4.98 Å². The van der Waals surface area contributed by atoms with E-state index in [0.29, 0.717) is 6.42 Å². The van der Waals surface area contributed by atoms with Crippen LogP contribution < -0.4 is 0 Å². The van der Waals surface area contributed by atoms with Gasteiger partial charge in [0, 0.05) is 6.42 Å². The molecular formula is C12H13NOS. The third-order valence-corrected chi connectivity index (χ3v) is 3.35. The number of Topliss-reactive ketones (excluding diaryl/α,β-unsaturated/α-hetero) is 1. The number of rotatable bonds is 4. The summed E-state index contributed by atoms with van der Waals surface area (Å²) in [5.74, 6) is 0.260. The monoisotopic (exact) mass is 219 g/mol. The lowest BCUT2D eigenvalue weighted by Gasteiger charge is -1.92. The van der Waals surface area contributed by atoms with Crippen molar-refractivity contribution in [3.05, 3.63) is 29.3 Å². The molecule has 3 heteroatoms. The van der Waals surface area contributed by atoms with Gasteiger partial charge < -0.3 is 4.79 Å². The Balaban J connectivity index is 2.05. The molecule has 0 saturated carbocycles. The van der Waals surface area contributed by atoms with Crippen LogP contribution in [0.5, 0.6) is 0 Å². The van der Waals surface area contributed by atoms with Crippen LogP contribution in [0.3, 0.4) is 0 Å². The number of nitrogens with zero attached hydrogens (tertiary/aromatic N) is 1. The van der Waals surface area contributed by atoms with Crippen LogP contribution in [-0.2, 0) is 11.2 Å². The quantitative estimate of drug-likeness (QED) is 0.790. The van der Waals surface area contributed by atoms with Gasteiger partial charge in [0.25, 0.3) is 0 Å². The molecule has 2 aromatic rings. The first-order valence-electron chi connectivity index (χ1n) is 5.09. The third kappa shape index (κ3) is 2.63. The van der Waals surface area contributed by atoms with Crippen LogP contribution in [-0.4, -0.2) is 10.8 Å². The number of aromatic nitrogens is 1. The average Bonchev–Trinajstić information content (AvgIpc) is 2.59. The second-order valence-corrected chi connectivity index (χ2v) is 4.75. The Kier molecular flexibility index (Phi) is 3.11. The second-order valence-electron chi connectivity index (χ2n) is 3.63. The maximum Gasteiger partial charge on any atom is 0.129 e. The molecule has 1 aromatic heterocycles. The van der Waals surface area contributed by atoms with Crippen molar-refractivity contribution in [2.75, 3.05) is 0 Å². The van der Waals surface area contributed by atoms with Gasteiger partial charge in [-0.05, 0) is 31.9 Å². The number of fused-ring (bicyclic) bond motifs is 1. The summed E-state index contributed by atoms with van der Waals surface area (Å²) >= 11 is 1.73. The first-order valence-corrected chi connectivity index (χ1v) is 5.91. The van der Waals surface area contributed by atoms with Crippen LogP contribution in [0.15, 0.2) is 24.3 Å². The highest BCUT2D eigenvalue weighted by Gasteiger charge is 2.03. The number of carbonyl (C=O) groups is 1. The van der Waals surface area contributed by atoms with E-state index >= 15 is 0 Å². The Morgan fingerprint density at radius 2 is 2.20 bits per heavy atom. The van der Waals surface area contributed by atoms with Gasteiger partial charge >= 0.3 is 0 Å². The van der Waals surface area contributed by atoms with Crippen molar-refractivity contribution >= 4 is 27.3 Å². The first kappa shape index (κ1) is 10.3. The molecule has 0 aliphatic rings. The Labute approximate surface area is 93.0 Å². The predicted molar refractivity (Wildman–Crippen MR) is 63.2 cm³/mol. The van der Waals surface area contributed by atoms with Gasteiger partial charge in [0.2, 0.25) is 0 Å². The van der Waals surface area contributed by atoms with E-state index in [2.05, 4.69) is 11.1 Å². The van der Waals surface area contributed by atoms with Gasteiger partial charge in [-0.15, -0.1) is 11.3 Å². The fourth-order valence-electron chi connectivity index (χ4n) is 1.52. The van der Waals surface area contributed by atoms with Gasteiger partial charge in [-0.3, -0.25) is 0 Å². The van der Waals surface area contributed by atoms with Gasteiger partial charge in [0.1, 0.15) is 5.78 Å². The Hall–Kier alpha value is -1.22. The molecule has 0 unspecified atom stereocenters. The lowest BCUT2D eigenvalue weighted by atomic mass is 10.2. The number of aryl methyl sites for hydroxylation is 1. The number of thiazole rings is 1. The van der Waals surface area contributed by atoms with Crippen molar-refractivity contribution in [3.8, 4) is 0 Å². The molecule has 0 aliphatic heterocycles. The zero-order valence-corrected chi connectivity index (χ0v) is 9.51. The van der Waals surface area contributed by atoms with Crippen molar-refractivity contribution in [2.24, 2.45) is 0 Å². The lowest BCUT2D eigenvalue weighted by Crippen LogP contribution is -1.91. The predicted octanol–water partition coefficient (Wildman–Crippen LogP) is 3.21. The molecule has 0 bridgehead atoms. The summed E-state index contributed by atoms with van der Waals surface area (Å²) in [5, 5.41) is 1.14. The molecule has 0 spiro atoms. The van der Waals surface area contributed by atoms with E-state index in [1.165, 1.54) is 4.70 Å². The zero-order valence-electron chi connectivity index (χ0n) is 8.69. The molecule has 1 aromatic carbocycles. The van der Waals surface area contributed by atoms with E-state index in [1.54, 1.807) is 18.3 Å². The maximum atomic E-state index is 10.8. The summed E-state index contributed by atoms with van der Waals surface area (Å²) in [6.45, 7) is 1.64. The minimum atomic E-state index is 0.260. The van der Waals surface area contributed by atoms with Gasteiger partial charge in [-0.2, -0.15) is 0 Å². The largest absolute Gasteiger partial charge is 0.300 e. The first-order chi connectivity index (χ1) is 7.25. The molecule has 0 atom stereocenters. The van der Waals surface area contributed by atoms with Crippen molar-refractivity contribution in [1.29, 1.82) is 0 Å². The van der Waals surface area contributed by atoms with Crippen molar-refractivity contribution in [3.63, 3.8) is 0 Å². The summed E-state index contributed by atoms with van der Waals surface area (Å²) in [5.41, 5.74) is 1.07. The molecule has 2 rings (SSSR count). The van der Waals surface area contributed by atoms with Crippen molar-refractivity contribution in [2.45, 2.75) is 26.2 Å². The highest BCUT2D eigenvalue weighted by Crippen LogP contribution is 2.22. The van der Waals surface area contributed by atoms with Gasteiger partial charge in [-0.25, -0.2) is 4.98 Å². The van der Waals surface area contributed by atoms with Crippen molar-refractivity contribution < 1.29 is 4.79 Å². The van der Waals surface area contributed by atoms with E-state index < -0.39 is 0 Å². The Bertz CT molecular complexity index is 442. The molecule has 0 amide bonds. The second kappa shape index (κ2) is 4.53. The molecule has 0 fully saturated rings. The number of hydrogen-bond donors (Lipinski definition) is 0. The third-order valence-electron chi connectivity index (χ3n) is 2.26. The minimum Gasteiger partial charge on any atom is -0.300 e. The average molecular weight is 219 g/mol. The highest BCUT2D eigenvalue weighted by molar-refractivity contribution is 7.18. The SMILES string of the molecule is CC(=O)CCCc1nc2ccccc2s1.